The Morgan fingerprint density at radius 1 is 1.15 bits per heavy atom. The first-order valence-electron chi connectivity index (χ1n) is 17.4. The fourth-order valence-corrected chi connectivity index (χ4v) is 7.77. The summed E-state index contributed by atoms with van der Waals surface area (Å²) in [4.78, 5) is 59.6. The van der Waals surface area contributed by atoms with Crippen molar-refractivity contribution in [3.8, 4) is 5.75 Å². The van der Waals surface area contributed by atoms with Crippen LogP contribution in [0.1, 0.15) is 85.6 Å². The third-order valence-electron chi connectivity index (χ3n) is 9.32. The molecule has 3 fully saturated rings. The van der Waals surface area contributed by atoms with Crippen molar-refractivity contribution in [3.05, 3.63) is 29.3 Å². The number of carbonyl (C=O) groups excluding carboxylic acids is 3. The van der Waals surface area contributed by atoms with Crippen molar-refractivity contribution in [3.63, 3.8) is 0 Å². The number of fused-ring (bicyclic) bond motifs is 2. The number of amides is 3. The molecular weight excluding hydrogens is 630 g/mol. The number of piperazine rings is 1. The Morgan fingerprint density at radius 2 is 1.88 bits per heavy atom. The summed E-state index contributed by atoms with van der Waals surface area (Å²) >= 11 is 1.46. The number of rotatable bonds is 11. The van der Waals surface area contributed by atoms with Crippen LogP contribution in [0.5, 0.6) is 5.75 Å². The molecule has 12 heteroatoms. The van der Waals surface area contributed by atoms with E-state index in [0.29, 0.717) is 42.7 Å². The second kappa shape index (κ2) is 15.2. The number of benzene rings is 1. The summed E-state index contributed by atoms with van der Waals surface area (Å²) in [5.41, 5.74) is 0.526. The smallest absolute Gasteiger partial charge is 0.272 e. The molecule has 0 unspecified atom stereocenters. The van der Waals surface area contributed by atoms with Crippen LogP contribution in [0.25, 0.3) is 16.3 Å². The van der Waals surface area contributed by atoms with E-state index in [4.69, 9.17) is 14.7 Å². The maximum atomic E-state index is 14.4. The van der Waals surface area contributed by atoms with E-state index >= 15 is 0 Å². The zero-order valence-electron chi connectivity index (χ0n) is 29.6. The molecule has 0 saturated carbocycles. The first kappa shape index (κ1) is 36.2. The Hall–Kier alpha value is -3.06. The van der Waals surface area contributed by atoms with Crippen LogP contribution < -0.4 is 4.74 Å². The number of aliphatic hydroxyl groups excluding tert-OH is 1. The Labute approximate surface area is 288 Å². The second-order valence-electron chi connectivity index (χ2n) is 15.2. The number of likely N-dealkylation sites (tertiary alicyclic amines) is 1. The molecule has 2 aromatic rings. The monoisotopic (exact) mass is 683 g/mol. The highest BCUT2D eigenvalue weighted by atomic mass is 32.1. The largest absolute Gasteiger partial charge is 0.493 e. The lowest BCUT2D eigenvalue weighted by molar-refractivity contribution is -0.276. The van der Waals surface area contributed by atoms with Gasteiger partial charge in [-0.25, -0.2) is 4.98 Å². The Balaban J connectivity index is 1.43. The molecule has 11 nitrogen and oxygen atoms in total. The molecule has 0 spiro atoms. The number of nitrogens with zero attached hydrogens (tertiary/aromatic N) is 5. The zero-order chi connectivity index (χ0) is 34.7. The lowest BCUT2D eigenvalue weighted by Gasteiger charge is -2.55. The van der Waals surface area contributed by atoms with Gasteiger partial charge in [-0.2, -0.15) is 5.06 Å². The number of ether oxygens (including phenoxy) is 1. The van der Waals surface area contributed by atoms with Crippen molar-refractivity contribution in [1.29, 1.82) is 0 Å². The van der Waals surface area contributed by atoms with Gasteiger partial charge in [0.15, 0.2) is 12.3 Å². The van der Waals surface area contributed by atoms with Gasteiger partial charge in [0.1, 0.15) is 16.8 Å². The molecule has 264 valence electrons. The van der Waals surface area contributed by atoms with Crippen molar-refractivity contribution in [1.82, 2.24) is 24.7 Å². The fraction of sp³-hybridized carbons (Fsp3) is 0.667. The third kappa shape index (κ3) is 8.38. The van der Waals surface area contributed by atoms with Gasteiger partial charge >= 0.3 is 0 Å². The summed E-state index contributed by atoms with van der Waals surface area (Å²) in [6, 6.07) is 5.45. The molecule has 4 heterocycles. The molecule has 3 amide bonds. The van der Waals surface area contributed by atoms with Gasteiger partial charge < -0.3 is 24.5 Å². The fourth-order valence-electron chi connectivity index (χ4n) is 6.91. The molecule has 1 aromatic carbocycles. The lowest BCUT2D eigenvalue weighted by Crippen LogP contribution is -2.74. The summed E-state index contributed by atoms with van der Waals surface area (Å²) in [6.07, 6.45) is 4.71. The van der Waals surface area contributed by atoms with Gasteiger partial charge in [0, 0.05) is 50.3 Å². The van der Waals surface area contributed by atoms with Crippen LogP contribution in [0.15, 0.2) is 24.3 Å². The van der Waals surface area contributed by atoms with Gasteiger partial charge in [0.2, 0.25) is 5.91 Å². The maximum Gasteiger partial charge on any atom is 0.272 e. The molecule has 3 saturated heterocycles. The van der Waals surface area contributed by atoms with Crippen LogP contribution in [0.2, 0.25) is 0 Å². The molecule has 0 bridgehead atoms. The number of piperidine rings is 1. The molecular formula is C36H53N5O6S. The van der Waals surface area contributed by atoms with Crippen LogP contribution in [0, 0.1) is 11.3 Å². The Bertz CT molecular complexity index is 1480. The van der Waals surface area contributed by atoms with Crippen LogP contribution in [-0.2, 0) is 19.2 Å². The molecule has 3 atom stereocenters. The number of hydrogen-bond donors (Lipinski definition) is 1. The van der Waals surface area contributed by atoms with Gasteiger partial charge in [0.05, 0.1) is 23.4 Å². The van der Waals surface area contributed by atoms with E-state index in [9.17, 15) is 14.4 Å². The van der Waals surface area contributed by atoms with Crippen molar-refractivity contribution >= 4 is 45.4 Å². The van der Waals surface area contributed by atoms with Gasteiger partial charge in [0.25, 0.3) is 11.8 Å². The van der Waals surface area contributed by atoms with Gasteiger partial charge in [-0.1, -0.05) is 34.6 Å². The highest BCUT2D eigenvalue weighted by molar-refractivity contribution is 7.19. The summed E-state index contributed by atoms with van der Waals surface area (Å²) in [7, 11) is 0. The average molecular weight is 684 g/mol. The second-order valence-corrected chi connectivity index (χ2v) is 16.2. The number of hydroxylamine groups is 2. The topological polar surface area (TPSA) is 116 Å². The van der Waals surface area contributed by atoms with Gasteiger partial charge in [-0.15, -0.1) is 11.3 Å². The highest BCUT2D eigenvalue weighted by Gasteiger charge is 2.54. The van der Waals surface area contributed by atoms with E-state index in [1.165, 1.54) is 22.5 Å². The molecule has 3 aliphatic rings. The first-order chi connectivity index (χ1) is 22.8. The van der Waals surface area contributed by atoms with Crippen molar-refractivity contribution in [2.24, 2.45) is 11.3 Å². The molecule has 0 radical (unpaired) electrons. The maximum absolute atomic E-state index is 14.4. The summed E-state index contributed by atoms with van der Waals surface area (Å²) in [6.45, 7) is 17.2. The SMILES string of the molecule is CC(C)C[C@H]1ON(C(=O)/C=C/c2nc3cc(OCCCO)ccc3s2)[C@H]2CN(C3CCN(C(C)C)CC3)C(=O)[C@H](CC(C)(C)C)N2C1=O. The summed E-state index contributed by atoms with van der Waals surface area (Å²) in [5, 5.41) is 11.0. The van der Waals surface area contributed by atoms with Gasteiger partial charge in [-0.05, 0) is 69.1 Å². The first-order valence-corrected chi connectivity index (χ1v) is 18.3. The molecule has 1 aromatic heterocycles. The molecule has 1 N–H and O–H groups in total. The lowest BCUT2D eigenvalue weighted by atomic mass is 9.84. The van der Waals surface area contributed by atoms with E-state index in [1.54, 1.807) is 11.0 Å². The highest BCUT2D eigenvalue weighted by Crippen LogP contribution is 2.37. The van der Waals surface area contributed by atoms with Crippen molar-refractivity contribution in [2.45, 2.75) is 111 Å². The number of aromatic nitrogens is 1. The molecule has 48 heavy (non-hydrogen) atoms. The molecule has 0 aliphatic carbocycles. The zero-order valence-corrected chi connectivity index (χ0v) is 30.4. The van der Waals surface area contributed by atoms with Crippen LogP contribution >= 0.6 is 11.3 Å². The normalized spacial score (nSPS) is 23.3. The standard InChI is InChI=1S/C36H53N5O6S/c1-23(2)19-29-35(45)40-28(21-36(5,6)7)34(44)39(25-13-15-38(16-14-25)24(3)4)22-32(40)41(47-29)33(43)12-11-31-37-27-20-26(46-18-8-17-42)9-10-30(27)48-31/h9-12,20,23-25,28-29,32,42H,8,13-19,21-22H2,1-7H3/b12-11+/t28-,29+,32-/m0/s1. The van der Waals surface area contributed by atoms with E-state index in [-0.39, 0.29) is 42.3 Å². The predicted molar refractivity (Wildman–Crippen MR) is 187 cm³/mol. The minimum atomic E-state index is -0.860. The van der Waals surface area contributed by atoms with Crippen LogP contribution in [0.3, 0.4) is 0 Å². The minimum Gasteiger partial charge on any atom is -0.493 e. The average Bonchev–Trinajstić information content (AvgIpc) is 3.44. The summed E-state index contributed by atoms with van der Waals surface area (Å²) in [5.74, 6) is 0.178. The molecule has 5 rings (SSSR count). The van der Waals surface area contributed by atoms with E-state index in [2.05, 4.69) is 44.5 Å². The number of thiazole rings is 1. The van der Waals surface area contributed by atoms with Crippen molar-refractivity contribution < 1.29 is 29.1 Å². The van der Waals surface area contributed by atoms with Crippen LogP contribution in [0.4, 0.5) is 0 Å². The minimum absolute atomic E-state index is 0.0279. The number of aliphatic hydroxyl groups is 1. The quantitative estimate of drug-likeness (QED) is 0.262. The summed E-state index contributed by atoms with van der Waals surface area (Å²) < 4.78 is 6.65. The van der Waals surface area contributed by atoms with Gasteiger partial charge in [-0.3, -0.25) is 19.2 Å². The number of carbonyl (C=O) groups is 3. The van der Waals surface area contributed by atoms with Crippen LogP contribution in [-0.4, -0.2) is 111 Å². The Morgan fingerprint density at radius 3 is 2.52 bits per heavy atom. The number of hydrogen-bond acceptors (Lipinski definition) is 9. The van der Waals surface area contributed by atoms with E-state index < -0.39 is 24.2 Å². The van der Waals surface area contributed by atoms with Crippen molar-refractivity contribution in [2.75, 3.05) is 32.8 Å². The predicted octanol–water partition coefficient (Wildman–Crippen LogP) is 4.93. The molecule has 3 aliphatic heterocycles. The Kier molecular flexibility index (Phi) is 11.5. The van der Waals surface area contributed by atoms with E-state index in [0.717, 1.165) is 36.1 Å². The van der Waals surface area contributed by atoms with E-state index in [1.807, 2.05) is 36.9 Å². The third-order valence-corrected chi connectivity index (χ3v) is 10.3.